The number of hydrogen-bond acceptors (Lipinski definition) is 3. The first kappa shape index (κ1) is 30.0. The SMILES string of the molecule is c1ccc(-c2ccc3c(c2)oc2cc(N(c4ccc5c(ccc6ccccc65)c4)c4ccc(-c5ccccc5)c5sc6ccccc6c45)ccc23)cc1. The van der Waals surface area contributed by atoms with E-state index in [1.54, 1.807) is 0 Å². The van der Waals surface area contributed by atoms with E-state index in [2.05, 4.69) is 193 Å². The second-order valence-electron chi connectivity index (χ2n) is 13.7. The van der Waals surface area contributed by atoms with Gasteiger partial charge in [-0.15, -0.1) is 11.3 Å². The number of thiophene rings is 1. The number of benzene rings is 9. The Morgan fingerprint density at radius 1 is 0.396 bits per heavy atom. The van der Waals surface area contributed by atoms with Gasteiger partial charge in [-0.3, -0.25) is 0 Å². The molecule has 0 amide bonds. The molecule has 0 radical (unpaired) electrons. The van der Waals surface area contributed by atoms with E-state index in [0.29, 0.717) is 0 Å². The van der Waals surface area contributed by atoms with Gasteiger partial charge >= 0.3 is 0 Å². The molecule has 9 aromatic carbocycles. The van der Waals surface area contributed by atoms with Crippen molar-refractivity contribution >= 4 is 92.1 Å². The largest absolute Gasteiger partial charge is 0.456 e. The maximum Gasteiger partial charge on any atom is 0.137 e. The summed E-state index contributed by atoms with van der Waals surface area (Å²) in [5.74, 6) is 0. The second kappa shape index (κ2) is 11.9. The summed E-state index contributed by atoms with van der Waals surface area (Å²) in [6.07, 6.45) is 0. The standard InChI is InChI=1S/C50H31NOS/c1-3-11-32(12-4-1)35-21-24-42-43-26-23-38(31-47(43)52-46(42)30-35)51(37-22-25-40-36(29-37)20-19-34-15-7-8-16-39(34)40)45-28-27-41(33-13-5-2-6-14-33)50-49(45)44-17-9-10-18-48(44)53-50/h1-31H. The van der Waals surface area contributed by atoms with E-state index < -0.39 is 0 Å². The van der Waals surface area contributed by atoms with Gasteiger partial charge in [0, 0.05) is 48.4 Å². The van der Waals surface area contributed by atoms with Crippen LogP contribution in [0.15, 0.2) is 192 Å². The summed E-state index contributed by atoms with van der Waals surface area (Å²) < 4.78 is 9.25. The molecule has 0 saturated carbocycles. The van der Waals surface area contributed by atoms with Gasteiger partial charge in [0.05, 0.1) is 5.69 Å². The quantitative estimate of drug-likeness (QED) is 0.167. The Labute approximate surface area is 310 Å². The number of hydrogen-bond donors (Lipinski definition) is 0. The van der Waals surface area contributed by atoms with Gasteiger partial charge in [-0.1, -0.05) is 133 Å². The van der Waals surface area contributed by atoms with E-state index in [-0.39, 0.29) is 0 Å². The molecule has 0 bridgehead atoms. The summed E-state index contributed by atoms with van der Waals surface area (Å²) in [5.41, 5.74) is 9.83. The van der Waals surface area contributed by atoms with Crippen molar-refractivity contribution in [3.05, 3.63) is 188 Å². The van der Waals surface area contributed by atoms with E-state index in [9.17, 15) is 0 Å². The molecule has 11 aromatic rings. The molecule has 248 valence electrons. The number of nitrogens with zero attached hydrogens (tertiary/aromatic N) is 1. The molecular weight excluding hydrogens is 663 g/mol. The minimum absolute atomic E-state index is 0.867. The van der Waals surface area contributed by atoms with Crippen molar-refractivity contribution in [3.63, 3.8) is 0 Å². The predicted octanol–water partition coefficient (Wildman–Crippen LogP) is 15.1. The Morgan fingerprint density at radius 3 is 1.85 bits per heavy atom. The molecule has 2 nitrogen and oxygen atoms in total. The topological polar surface area (TPSA) is 16.4 Å². The minimum atomic E-state index is 0.867. The van der Waals surface area contributed by atoms with Gasteiger partial charge in [-0.05, 0) is 92.3 Å². The van der Waals surface area contributed by atoms with Crippen molar-refractivity contribution in [1.82, 2.24) is 0 Å². The zero-order chi connectivity index (χ0) is 34.9. The van der Waals surface area contributed by atoms with Gasteiger partial charge in [-0.25, -0.2) is 0 Å². The third-order valence-electron chi connectivity index (χ3n) is 10.6. The van der Waals surface area contributed by atoms with Crippen LogP contribution in [-0.2, 0) is 0 Å². The normalized spacial score (nSPS) is 11.8. The third kappa shape index (κ3) is 4.86. The lowest BCUT2D eigenvalue weighted by Gasteiger charge is -2.27. The summed E-state index contributed by atoms with van der Waals surface area (Å²) in [5, 5.41) is 9.71. The molecule has 53 heavy (non-hydrogen) atoms. The lowest BCUT2D eigenvalue weighted by molar-refractivity contribution is 0.669. The minimum Gasteiger partial charge on any atom is -0.456 e. The van der Waals surface area contributed by atoms with Gasteiger partial charge in [0.25, 0.3) is 0 Å². The van der Waals surface area contributed by atoms with Crippen LogP contribution in [-0.4, -0.2) is 0 Å². The van der Waals surface area contributed by atoms with Crippen LogP contribution in [0, 0.1) is 0 Å². The molecule has 0 aliphatic carbocycles. The Balaban J connectivity index is 1.17. The molecule has 11 rings (SSSR count). The maximum absolute atomic E-state index is 6.69. The average Bonchev–Trinajstić information content (AvgIpc) is 3.80. The van der Waals surface area contributed by atoms with E-state index in [1.165, 1.54) is 58.4 Å². The molecular formula is C50H31NOS. The highest BCUT2D eigenvalue weighted by atomic mass is 32.1. The summed E-state index contributed by atoms with van der Waals surface area (Å²) in [6, 6.07) is 67.9. The molecule has 0 saturated heterocycles. The van der Waals surface area contributed by atoms with Crippen LogP contribution in [0.1, 0.15) is 0 Å². The average molecular weight is 694 g/mol. The summed E-state index contributed by atoms with van der Waals surface area (Å²) in [4.78, 5) is 2.42. The van der Waals surface area contributed by atoms with Crippen molar-refractivity contribution in [1.29, 1.82) is 0 Å². The molecule has 0 fully saturated rings. The van der Waals surface area contributed by atoms with E-state index in [1.807, 2.05) is 11.3 Å². The monoisotopic (exact) mass is 693 g/mol. The van der Waals surface area contributed by atoms with Crippen molar-refractivity contribution in [2.75, 3.05) is 4.90 Å². The van der Waals surface area contributed by atoms with Crippen LogP contribution in [0.4, 0.5) is 17.1 Å². The van der Waals surface area contributed by atoms with Crippen molar-refractivity contribution in [3.8, 4) is 22.3 Å². The first-order valence-electron chi connectivity index (χ1n) is 18.0. The molecule has 0 aliphatic heterocycles. The van der Waals surface area contributed by atoms with Crippen LogP contribution in [0.2, 0.25) is 0 Å². The summed E-state index contributed by atoms with van der Waals surface area (Å²) in [6.45, 7) is 0. The van der Waals surface area contributed by atoms with Crippen molar-refractivity contribution in [2.24, 2.45) is 0 Å². The molecule has 3 heteroatoms. The number of furan rings is 1. The van der Waals surface area contributed by atoms with Gasteiger partial charge in [0.1, 0.15) is 11.2 Å². The fourth-order valence-corrected chi connectivity index (χ4v) is 9.38. The molecule has 0 unspecified atom stereocenters. The highest BCUT2D eigenvalue weighted by Gasteiger charge is 2.22. The maximum atomic E-state index is 6.69. The Kier molecular flexibility index (Phi) is 6.76. The zero-order valence-corrected chi connectivity index (χ0v) is 29.5. The van der Waals surface area contributed by atoms with Gasteiger partial charge in [-0.2, -0.15) is 0 Å². The second-order valence-corrected chi connectivity index (χ2v) is 14.7. The number of anilines is 3. The Bertz CT molecular complexity index is 3180. The Morgan fingerprint density at radius 2 is 1.02 bits per heavy atom. The predicted molar refractivity (Wildman–Crippen MR) is 227 cm³/mol. The summed E-state index contributed by atoms with van der Waals surface area (Å²) >= 11 is 1.87. The first-order valence-corrected chi connectivity index (χ1v) is 18.8. The molecule has 0 spiro atoms. The molecule has 2 aromatic heterocycles. The molecule has 2 heterocycles. The number of fused-ring (bicyclic) bond motifs is 9. The van der Waals surface area contributed by atoms with Gasteiger partial charge in [0.15, 0.2) is 0 Å². The highest BCUT2D eigenvalue weighted by molar-refractivity contribution is 7.26. The molecule has 0 N–H and O–H groups in total. The lowest BCUT2D eigenvalue weighted by Crippen LogP contribution is -2.10. The van der Waals surface area contributed by atoms with E-state index >= 15 is 0 Å². The smallest absolute Gasteiger partial charge is 0.137 e. The summed E-state index contributed by atoms with van der Waals surface area (Å²) in [7, 11) is 0. The van der Waals surface area contributed by atoms with Crippen LogP contribution >= 0.6 is 11.3 Å². The number of rotatable bonds is 5. The van der Waals surface area contributed by atoms with Crippen molar-refractivity contribution in [2.45, 2.75) is 0 Å². The van der Waals surface area contributed by atoms with E-state index in [4.69, 9.17) is 4.42 Å². The first-order chi connectivity index (χ1) is 26.3. The fraction of sp³-hybridized carbons (Fsp3) is 0. The molecule has 0 aliphatic rings. The van der Waals surface area contributed by atoms with E-state index in [0.717, 1.165) is 44.6 Å². The van der Waals surface area contributed by atoms with Gasteiger partial charge in [0.2, 0.25) is 0 Å². The van der Waals surface area contributed by atoms with Crippen LogP contribution in [0.5, 0.6) is 0 Å². The van der Waals surface area contributed by atoms with Crippen molar-refractivity contribution < 1.29 is 4.42 Å². The third-order valence-corrected chi connectivity index (χ3v) is 11.8. The Hall–Kier alpha value is -6.68. The van der Waals surface area contributed by atoms with Gasteiger partial charge < -0.3 is 9.32 Å². The van der Waals surface area contributed by atoms with Crippen LogP contribution in [0.25, 0.3) is 85.9 Å². The fourth-order valence-electron chi connectivity index (χ4n) is 8.12. The van der Waals surface area contributed by atoms with Crippen LogP contribution in [0.3, 0.4) is 0 Å². The highest BCUT2D eigenvalue weighted by Crippen LogP contribution is 2.49. The molecule has 0 atom stereocenters. The van der Waals surface area contributed by atoms with Crippen LogP contribution < -0.4 is 4.90 Å². The zero-order valence-electron chi connectivity index (χ0n) is 28.7. The lowest BCUT2D eigenvalue weighted by atomic mass is 9.99.